The zero-order valence-corrected chi connectivity index (χ0v) is 11.6. The zero-order chi connectivity index (χ0) is 13.8. The van der Waals surface area contributed by atoms with Gasteiger partial charge in [0.2, 0.25) is 5.88 Å². The van der Waals surface area contributed by atoms with Gasteiger partial charge in [0.15, 0.2) is 5.82 Å². The van der Waals surface area contributed by atoms with Crippen molar-refractivity contribution in [2.75, 3.05) is 11.9 Å². The second kappa shape index (κ2) is 5.64. The summed E-state index contributed by atoms with van der Waals surface area (Å²) < 4.78 is 7.32. The molecule has 0 saturated carbocycles. The molecule has 1 N–H and O–H groups in total. The molecule has 1 unspecified atom stereocenters. The first-order valence-electron chi connectivity index (χ1n) is 6.18. The minimum atomic E-state index is -0.00410. The molecule has 1 atom stereocenters. The molecule has 0 bridgehead atoms. The summed E-state index contributed by atoms with van der Waals surface area (Å²) in [6, 6.07) is -0.00410. The quantitative estimate of drug-likeness (QED) is 0.879. The van der Waals surface area contributed by atoms with Crippen molar-refractivity contribution in [1.82, 2.24) is 24.7 Å². The van der Waals surface area contributed by atoms with Gasteiger partial charge in [0.05, 0.1) is 18.2 Å². The third kappa shape index (κ3) is 2.81. The van der Waals surface area contributed by atoms with E-state index in [0.29, 0.717) is 12.5 Å². The van der Waals surface area contributed by atoms with Crippen molar-refractivity contribution in [3.8, 4) is 5.88 Å². The number of nitrogens with zero attached hydrogens (tertiary/aromatic N) is 5. The molecule has 0 aliphatic rings. The smallest absolute Gasteiger partial charge is 0.221 e. The van der Waals surface area contributed by atoms with Gasteiger partial charge in [-0.15, -0.1) is 10.2 Å². The van der Waals surface area contributed by atoms with Crippen molar-refractivity contribution < 1.29 is 4.74 Å². The van der Waals surface area contributed by atoms with E-state index in [4.69, 9.17) is 4.74 Å². The lowest BCUT2D eigenvalue weighted by Crippen LogP contribution is -2.14. The highest BCUT2D eigenvalue weighted by molar-refractivity contribution is 5.48. The van der Waals surface area contributed by atoms with Gasteiger partial charge in [0, 0.05) is 7.05 Å². The van der Waals surface area contributed by atoms with Crippen LogP contribution in [-0.2, 0) is 7.05 Å². The Hall–Kier alpha value is -2.18. The summed E-state index contributed by atoms with van der Waals surface area (Å²) in [5.74, 6) is 2.19. The highest BCUT2D eigenvalue weighted by atomic mass is 16.5. The van der Waals surface area contributed by atoms with Crippen LogP contribution in [0.15, 0.2) is 12.7 Å². The molecule has 7 nitrogen and oxygen atoms in total. The summed E-state index contributed by atoms with van der Waals surface area (Å²) in [6.07, 6.45) is 3.16. The Labute approximate surface area is 112 Å². The van der Waals surface area contributed by atoms with Crippen molar-refractivity contribution >= 4 is 5.82 Å². The molecule has 2 aromatic rings. The largest absolute Gasteiger partial charge is 0.478 e. The molecule has 0 aliphatic carbocycles. The number of hydrogen-bond acceptors (Lipinski definition) is 6. The van der Waals surface area contributed by atoms with Gasteiger partial charge < -0.3 is 14.6 Å². The second-order valence-corrected chi connectivity index (χ2v) is 4.25. The van der Waals surface area contributed by atoms with E-state index < -0.39 is 0 Å². The number of aromatic nitrogens is 5. The van der Waals surface area contributed by atoms with Crippen molar-refractivity contribution in [2.45, 2.75) is 26.8 Å². The van der Waals surface area contributed by atoms with Crippen LogP contribution in [0.2, 0.25) is 0 Å². The lowest BCUT2D eigenvalue weighted by atomic mass is 10.2. The molecule has 0 radical (unpaired) electrons. The number of anilines is 1. The van der Waals surface area contributed by atoms with Gasteiger partial charge >= 0.3 is 0 Å². The summed E-state index contributed by atoms with van der Waals surface area (Å²) >= 11 is 0. The van der Waals surface area contributed by atoms with E-state index in [0.717, 1.165) is 17.2 Å². The second-order valence-electron chi connectivity index (χ2n) is 4.25. The molecule has 0 saturated heterocycles. The first kappa shape index (κ1) is 13.3. The molecule has 0 aromatic carbocycles. The van der Waals surface area contributed by atoms with Crippen LogP contribution in [0.5, 0.6) is 5.88 Å². The minimum Gasteiger partial charge on any atom is -0.478 e. The van der Waals surface area contributed by atoms with Crippen LogP contribution in [0.25, 0.3) is 0 Å². The van der Waals surface area contributed by atoms with E-state index in [9.17, 15) is 0 Å². The van der Waals surface area contributed by atoms with Gasteiger partial charge in [-0.25, -0.2) is 9.97 Å². The summed E-state index contributed by atoms with van der Waals surface area (Å²) in [7, 11) is 1.91. The average molecular weight is 262 g/mol. The van der Waals surface area contributed by atoms with Crippen LogP contribution in [0.3, 0.4) is 0 Å². The molecule has 0 fully saturated rings. The van der Waals surface area contributed by atoms with E-state index in [1.807, 2.05) is 32.4 Å². The predicted molar refractivity (Wildman–Crippen MR) is 71.0 cm³/mol. The fourth-order valence-electron chi connectivity index (χ4n) is 1.82. The molecule has 2 heterocycles. The minimum absolute atomic E-state index is 0.00410. The number of aryl methyl sites for hydroxylation is 1. The summed E-state index contributed by atoms with van der Waals surface area (Å²) in [6.45, 7) is 6.44. The summed E-state index contributed by atoms with van der Waals surface area (Å²) in [5.41, 5.74) is 0.887. The van der Waals surface area contributed by atoms with Crippen molar-refractivity contribution in [1.29, 1.82) is 0 Å². The number of hydrogen-bond donors (Lipinski definition) is 1. The van der Waals surface area contributed by atoms with Crippen molar-refractivity contribution in [3.63, 3.8) is 0 Å². The van der Waals surface area contributed by atoms with Gasteiger partial charge in [0.25, 0.3) is 0 Å². The molecule has 102 valence electrons. The first-order chi connectivity index (χ1) is 9.13. The zero-order valence-electron chi connectivity index (χ0n) is 11.6. The number of nitrogens with one attached hydrogen (secondary N) is 1. The van der Waals surface area contributed by atoms with Crippen LogP contribution in [0.4, 0.5) is 5.82 Å². The standard InChI is InChI=1S/C12H18N6O/c1-5-19-12-8(2)10(13-6-14-12)16-9(3)11-17-15-7-18(11)4/h6-7,9H,5H2,1-4H3,(H,13,14,16). The molecule has 19 heavy (non-hydrogen) atoms. The Balaban J connectivity index is 2.19. The van der Waals surface area contributed by atoms with Gasteiger partial charge in [0.1, 0.15) is 18.5 Å². The lowest BCUT2D eigenvalue weighted by Gasteiger charge is -2.16. The van der Waals surface area contributed by atoms with Gasteiger partial charge in [-0.2, -0.15) is 0 Å². The summed E-state index contributed by atoms with van der Waals surface area (Å²) in [4.78, 5) is 8.35. The van der Waals surface area contributed by atoms with E-state index in [2.05, 4.69) is 25.5 Å². The molecule has 0 spiro atoms. The predicted octanol–water partition coefficient (Wildman–Crippen LogP) is 1.49. The molecule has 0 aliphatic heterocycles. The topological polar surface area (TPSA) is 77.8 Å². The van der Waals surface area contributed by atoms with Crippen LogP contribution in [0, 0.1) is 6.92 Å². The van der Waals surface area contributed by atoms with Gasteiger partial charge in [-0.05, 0) is 20.8 Å². The average Bonchev–Trinajstić information content (AvgIpc) is 2.81. The third-order valence-electron chi connectivity index (χ3n) is 2.81. The molecular formula is C12H18N6O. The Morgan fingerprint density at radius 1 is 1.42 bits per heavy atom. The SMILES string of the molecule is CCOc1ncnc(NC(C)c2nncn2C)c1C. The first-order valence-corrected chi connectivity index (χ1v) is 6.18. The molecule has 7 heteroatoms. The Morgan fingerprint density at radius 3 is 2.84 bits per heavy atom. The Morgan fingerprint density at radius 2 is 2.21 bits per heavy atom. The maximum absolute atomic E-state index is 5.45. The van der Waals surface area contributed by atoms with E-state index in [1.165, 1.54) is 6.33 Å². The Kier molecular flexibility index (Phi) is 3.94. The van der Waals surface area contributed by atoms with Crippen molar-refractivity contribution in [3.05, 3.63) is 24.0 Å². The number of ether oxygens (including phenoxy) is 1. The van der Waals surface area contributed by atoms with Crippen LogP contribution in [0.1, 0.15) is 31.3 Å². The van der Waals surface area contributed by atoms with Crippen molar-refractivity contribution in [2.24, 2.45) is 7.05 Å². The maximum atomic E-state index is 5.45. The van der Waals surface area contributed by atoms with Crippen LogP contribution >= 0.6 is 0 Å². The maximum Gasteiger partial charge on any atom is 0.221 e. The van der Waals surface area contributed by atoms with Crippen LogP contribution < -0.4 is 10.1 Å². The third-order valence-corrected chi connectivity index (χ3v) is 2.81. The van der Waals surface area contributed by atoms with E-state index >= 15 is 0 Å². The normalized spacial score (nSPS) is 12.2. The molecule has 2 aromatic heterocycles. The molecule has 2 rings (SSSR count). The monoisotopic (exact) mass is 262 g/mol. The van der Waals surface area contributed by atoms with E-state index in [-0.39, 0.29) is 6.04 Å². The highest BCUT2D eigenvalue weighted by Gasteiger charge is 2.14. The Bertz CT molecular complexity index is 553. The highest BCUT2D eigenvalue weighted by Crippen LogP contribution is 2.23. The molecular weight excluding hydrogens is 244 g/mol. The van der Waals surface area contributed by atoms with Crippen LogP contribution in [-0.4, -0.2) is 31.3 Å². The van der Waals surface area contributed by atoms with E-state index in [1.54, 1.807) is 6.33 Å². The van der Waals surface area contributed by atoms with Gasteiger partial charge in [-0.1, -0.05) is 0 Å². The fraction of sp³-hybridized carbons (Fsp3) is 0.500. The lowest BCUT2D eigenvalue weighted by molar-refractivity contribution is 0.324. The fourth-order valence-corrected chi connectivity index (χ4v) is 1.82. The summed E-state index contributed by atoms with van der Waals surface area (Å²) in [5, 5.41) is 11.2. The number of rotatable bonds is 5. The van der Waals surface area contributed by atoms with Gasteiger partial charge in [-0.3, -0.25) is 0 Å². The molecule has 0 amide bonds.